The number of carbonyl (C=O) groups excluding carboxylic acids is 6. The third kappa shape index (κ3) is 12.3. The smallest absolute Gasteiger partial charge is 0.258 e. The molecule has 2 unspecified atom stereocenters. The highest BCUT2D eigenvalue weighted by atomic mass is 35.5. The number of Topliss-reactive ketones (excluding diaryl/α,β-unsaturated/α-hetero) is 2. The molecular formula is C41H29Cl7N8O7. The van der Waals surface area contributed by atoms with Crippen molar-refractivity contribution in [2.75, 3.05) is 27.3 Å². The first-order valence-corrected chi connectivity index (χ1v) is 20.7. The fourth-order valence-corrected chi connectivity index (χ4v) is 6.91. The highest BCUT2D eigenvalue weighted by Crippen LogP contribution is 2.36. The number of benzene rings is 5. The normalized spacial score (nSPS) is 12.1. The van der Waals surface area contributed by atoms with Crippen molar-refractivity contribution in [1.29, 1.82) is 0 Å². The van der Waals surface area contributed by atoms with E-state index in [-0.39, 0.29) is 81.1 Å². The predicted octanol–water partition coefficient (Wildman–Crippen LogP) is 12.0. The molecule has 324 valence electrons. The van der Waals surface area contributed by atoms with E-state index in [0.29, 0.717) is 0 Å². The first-order chi connectivity index (χ1) is 30.0. The van der Waals surface area contributed by atoms with Crippen molar-refractivity contribution in [2.45, 2.75) is 25.9 Å². The minimum atomic E-state index is -1.70. The Morgan fingerprint density at radius 2 is 0.968 bits per heavy atom. The molecule has 0 aliphatic carbocycles. The third-order valence-corrected chi connectivity index (χ3v) is 10.6. The van der Waals surface area contributed by atoms with Gasteiger partial charge in [0.05, 0.1) is 58.3 Å². The summed E-state index contributed by atoms with van der Waals surface area (Å²) < 4.78 is 5.46. The minimum absolute atomic E-state index is 0.00760. The zero-order valence-corrected chi connectivity index (χ0v) is 37.6. The minimum Gasteiger partial charge on any atom is -0.476 e. The number of nitrogens with zero attached hydrogens (tertiary/aromatic N) is 4. The highest BCUT2D eigenvalue weighted by Gasteiger charge is 2.27. The molecule has 15 nitrogen and oxygen atoms in total. The zero-order chi connectivity index (χ0) is 46.0. The summed E-state index contributed by atoms with van der Waals surface area (Å²) in [5.74, 6) is -4.65. The Balaban J connectivity index is 1.29. The molecule has 0 heterocycles. The predicted molar refractivity (Wildman–Crippen MR) is 245 cm³/mol. The largest absolute Gasteiger partial charge is 0.476 e. The Kier molecular flexibility index (Phi) is 17.0. The number of anilines is 4. The van der Waals surface area contributed by atoms with Crippen molar-refractivity contribution in [1.82, 2.24) is 0 Å². The van der Waals surface area contributed by atoms with Crippen LogP contribution in [0, 0.1) is 0 Å². The fourth-order valence-electron chi connectivity index (χ4n) is 5.31. The molecule has 0 aliphatic heterocycles. The van der Waals surface area contributed by atoms with Gasteiger partial charge in [0.1, 0.15) is 17.1 Å². The number of nitrogens with one attached hydrogen (secondary N) is 4. The van der Waals surface area contributed by atoms with Crippen molar-refractivity contribution >= 4 is 151 Å². The first kappa shape index (κ1) is 48.4. The van der Waals surface area contributed by atoms with E-state index in [1.54, 1.807) is 12.1 Å². The van der Waals surface area contributed by atoms with Gasteiger partial charge in [-0.15, -0.1) is 0 Å². The van der Waals surface area contributed by atoms with Crippen LogP contribution in [-0.4, -0.2) is 53.3 Å². The van der Waals surface area contributed by atoms with Crippen LogP contribution >= 0.6 is 81.2 Å². The SMILES string of the molecule is CC(=O)C(N=Nc1cccc(C(=O)Nc2c(Cl)cccc2Cl)c1Cl)C(=O)Nc1ccc(NC(=O)C(N=Nc2cccc(C(=O)Nc3c(Cl)cccc3Cl)c2Cl)C(C)=O)c(OCCl)c1. The van der Waals surface area contributed by atoms with E-state index >= 15 is 0 Å². The highest BCUT2D eigenvalue weighted by molar-refractivity contribution is 6.42. The molecule has 0 spiro atoms. The maximum absolute atomic E-state index is 13.4. The molecule has 4 amide bonds. The van der Waals surface area contributed by atoms with Gasteiger partial charge in [-0.2, -0.15) is 20.5 Å². The van der Waals surface area contributed by atoms with Crippen LogP contribution in [0.2, 0.25) is 30.1 Å². The number of rotatable bonds is 16. The van der Waals surface area contributed by atoms with Crippen LogP contribution in [0.15, 0.2) is 111 Å². The van der Waals surface area contributed by atoms with Crippen LogP contribution in [0.4, 0.5) is 34.1 Å². The number of hydrogen-bond acceptors (Lipinski definition) is 11. The molecule has 0 bridgehead atoms. The van der Waals surface area contributed by atoms with E-state index in [0.717, 1.165) is 13.8 Å². The molecule has 5 rings (SSSR count). The molecule has 4 N–H and O–H groups in total. The second kappa shape index (κ2) is 22.1. The fraction of sp³-hybridized carbons (Fsp3) is 0.122. The van der Waals surface area contributed by atoms with Gasteiger partial charge < -0.3 is 26.0 Å². The monoisotopic (exact) mass is 990 g/mol. The number of carbonyl (C=O) groups is 6. The van der Waals surface area contributed by atoms with Gasteiger partial charge in [-0.3, -0.25) is 28.8 Å². The summed E-state index contributed by atoms with van der Waals surface area (Å²) in [5.41, 5.74) is 0.280. The molecule has 0 radical (unpaired) electrons. The zero-order valence-electron chi connectivity index (χ0n) is 32.3. The molecular weight excluding hydrogens is 965 g/mol. The van der Waals surface area contributed by atoms with E-state index in [1.165, 1.54) is 78.9 Å². The van der Waals surface area contributed by atoms with Crippen molar-refractivity contribution < 1.29 is 33.5 Å². The number of ether oxygens (including phenoxy) is 1. The average Bonchev–Trinajstić information content (AvgIpc) is 3.22. The molecule has 63 heavy (non-hydrogen) atoms. The Bertz CT molecular complexity index is 2660. The molecule has 0 saturated carbocycles. The molecule has 2 atom stereocenters. The van der Waals surface area contributed by atoms with Gasteiger partial charge in [0.15, 0.2) is 17.6 Å². The Labute approximate surface area is 393 Å². The van der Waals surface area contributed by atoms with E-state index in [4.69, 9.17) is 85.9 Å². The second-order valence-electron chi connectivity index (χ2n) is 12.8. The Morgan fingerprint density at radius 3 is 1.38 bits per heavy atom. The van der Waals surface area contributed by atoms with Crippen molar-refractivity contribution in [3.05, 3.63) is 132 Å². The lowest BCUT2D eigenvalue weighted by molar-refractivity contribution is -0.127. The molecule has 22 heteroatoms. The van der Waals surface area contributed by atoms with Gasteiger partial charge in [0.2, 0.25) is 12.1 Å². The van der Waals surface area contributed by atoms with Gasteiger partial charge in [0.25, 0.3) is 23.6 Å². The van der Waals surface area contributed by atoms with Gasteiger partial charge in [0, 0.05) is 11.8 Å². The molecule has 5 aromatic carbocycles. The van der Waals surface area contributed by atoms with E-state index in [2.05, 4.69) is 41.7 Å². The number of halogens is 7. The quantitative estimate of drug-likeness (QED) is 0.0426. The average molecular weight is 994 g/mol. The standard InChI is InChI=1S/C41H29Cl7N8O7/c1-19(57)34(55-53-29-13-3-7-22(32(29)47)38(59)51-36-24(43)9-5-10-25(36)44)40(61)49-21-15-16-28(31(17-21)63-18-42)50-41(62)35(20(2)58)56-54-30-14-4-8-23(33(30)48)39(60)52-37-26(45)11-6-12-27(37)46/h3-17,34-35H,18H2,1-2H3,(H,49,61)(H,50,62)(H,51,59)(H,52,60). The van der Waals surface area contributed by atoms with E-state index in [1.807, 2.05) is 0 Å². The first-order valence-electron chi connectivity index (χ1n) is 17.9. The van der Waals surface area contributed by atoms with Gasteiger partial charge in [-0.25, -0.2) is 0 Å². The van der Waals surface area contributed by atoms with E-state index in [9.17, 15) is 28.8 Å². The maximum atomic E-state index is 13.4. The molecule has 0 aromatic heterocycles. The Morgan fingerprint density at radius 1 is 0.556 bits per heavy atom. The lowest BCUT2D eigenvalue weighted by Gasteiger charge is -2.15. The lowest BCUT2D eigenvalue weighted by Crippen LogP contribution is -2.32. The summed E-state index contributed by atoms with van der Waals surface area (Å²) in [4.78, 5) is 78.1. The number of alkyl halides is 1. The van der Waals surface area contributed by atoms with Crippen LogP contribution in [0.1, 0.15) is 34.6 Å². The van der Waals surface area contributed by atoms with Crippen molar-refractivity contribution in [2.24, 2.45) is 20.5 Å². The van der Waals surface area contributed by atoms with Crippen molar-refractivity contribution in [3.8, 4) is 5.75 Å². The number of amides is 4. The van der Waals surface area contributed by atoms with Gasteiger partial charge >= 0.3 is 0 Å². The topological polar surface area (TPSA) is 209 Å². The summed E-state index contributed by atoms with van der Waals surface area (Å²) in [6, 6.07) is 18.1. The summed E-state index contributed by atoms with van der Waals surface area (Å²) in [6.45, 7) is 2.23. The molecule has 0 aliphatic rings. The number of para-hydroxylation sites is 2. The van der Waals surface area contributed by atoms with E-state index < -0.39 is 53.3 Å². The maximum Gasteiger partial charge on any atom is 0.258 e. The number of hydrogen-bond donors (Lipinski definition) is 4. The van der Waals surface area contributed by atoms with Crippen LogP contribution in [0.5, 0.6) is 5.75 Å². The van der Waals surface area contributed by atoms with Crippen LogP contribution < -0.4 is 26.0 Å². The summed E-state index contributed by atoms with van der Waals surface area (Å²) in [7, 11) is 0. The van der Waals surface area contributed by atoms with Gasteiger partial charge in [-0.05, 0) is 74.5 Å². The summed E-state index contributed by atoms with van der Waals surface area (Å²) in [5, 5.41) is 26.5. The lowest BCUT2D eigenvalue weighted by atomic mass is 10.1. The Hall–Kier alpha value is -5.65. The van der Waals surface area contributed by atoms with Crippen LogP contribution in [-0.2, 0) is 19.2 Å². The summed E-state index contributed by atoms with van der Waals surface area (Å²) in [6.07, 6.45) is 0. The number of ketones is 2. The number of azo groups is 2. The second-order valence-corrected chi connectivity index (χ2v) is 15.4. The van der Waals surface area contributed by atoms with Gasteiger partial charge in [-0.1, -0.05) is 105 Å². The molecule has 0 fully saturated rings. The van der Waals surface area contributed by atoms with Crippen molar-refractivity contribution in [3.63, 3.8) is 0 Å². The molecule has 5 aromatic rings. The van der Waals surface area contributed by atoms with Crippen LogP contribution in [0.3, 0.4) is 0 Å². The third-order valence-electron chi connectivity index (χ3n) is 8.39. The summed E-state index contributed by atoms with van der Waals surface area (Å²) >= 11 is 43.5. The van der Waals surface area contributed by atoms with Crippen LogP contribution in [0.25, 0.3) is 0 Å². The molecule has 0 saturated heterocycles.